The van der Waals surface area contributed by atoms with Gasteiger partial charge in [0.15, 0.2) is 5.82 Å². The number of carbonyl (C=O) groups is 3. The van der Waals surface area contributed by atoms with E-state index in [1.807, 2.05) is 0 Å². The number of thiophene rings is 1. The molecule has 0 saturated carbocycles. The van der Waals surface area contributed by atoms with E-state index < -0.39 is 5.97 Å². The summed E-state index contributed by atoms with van der Waals surface area (Å²) in [4.78, 5) is 35.1. The highest BCUT2D eigenvalue weighted by molar-refractivity contribution is 8.00. The van der Waals surface area contributed by atoms with Crippen LogP contribution >= 0.6 is 23.1 Å². The monoisotopic (exact) mass is 369 g/mol. The molecule has 2 rings (SSSR count). The summed E-state index contributed by atoms with van der Waals surface area (Å²) < 4.78 is 4.83. The van der Waals surface area contributed by atoms with Crippen LogP contribution in [0.5, 0.6) is 0 Å². The van der Waals surface area contributed by atoms with Crippen molar-refractivity contribution in [3.05, 3.63) is 33.7 Å². The van der Waals surface area contributed by atoms with Gasteiger partial charge in [-0.05, 0) is 19.1 Å². The molecule has 0 unspecified atom stereocenters. The number of thioether (sulfide) groups is 1. The van der Waals surface area contributed by atoms with Crippen LogP contribution in [0.15, 0.2) is 22.7 Å². The molecule has 3 N–H and O–H groups in total. The van der Waals surface area contributed by atoms with E-state index in [0.29, 0.717) is 11.6 Å². The number of anilines is 1. The van der Waals surface area contributed by atoms with Gasteiger partial charge in [-0.1, -0.05) is 5.16 Å². The number of aryl methyl sites for hydroxylation is 1. The Balaban J connectivity index is 1.63. The first-order chi connectivity index (χ1) is 11.4. The Kier molecular flexibility index (Phi) is 6.38. The molecule has 8 nitrogen and oxygen atoms in total. The van der Waals surface area contributed by atoms with Crippen molar-refractivity contribution in [2.45, 2.75) is 13.5 Å². The van der Waals surface area contributed by atoms with Crippen LogP contribution in [-0.2, 0) is 16.1 Å². The first-order valence-corrected chi connectivity index (χ1v) is 8.81. The molecule has 2 heterocycles. The fourth-order valence-corrected chi connectivity index (χ4v) is 3.10. The Hall–Kier alpha value is -2.33. The van der Waals surface area contributed by atoms with Crippen molar-refractivity contribution in [1.29, 1.82) is 0 Å². The van der Waals surface area contributed by atoms with Crippen molar-refractivity contribution in [3.8, 4) is 0 Å². The van der Waals surface area contributed by atoms with E-state index >= 15 is 0 Å². The van der Waals surface area contributed by atoms with E-state index in [1.165, 1.54) is 17.8 Å². The van der Waals surface area contributed by atoms with E-state index in [4.69, 9.17) is 9.63 Å². The predicted octanol–water partition coefficient (Wildman–Crippen LogP) is 1.73. The lowest BCUT2D eigenvalue weighted by Crippen LogP contribution is -2.25. The van der Waals surface area contributed by atoms with Crippen molar-refractivity contribution in [2.24, 2.45) is 0 Å². The fraction of sp³-hybridized carbons (Fsp3) is 0.286. The third kappa shape index (κ3) is 5.70. The summed E-state index contributed by atoms with van der Waals surface area (Å²) in [6.07, 6.45) is 0. The molecule has 0 atom stereocenters. The molecule has 0 spiro atoms. The van der Waals surface area contributed by atoms with Gasteiger partial charge in [0.1, 0.15) is 10.6 Å². The fourth-order valence-electron chi connectivity index (χ4n) is 1.67. The third-order valence-corrected chi connectivity index (χ3v) is 4.70. The number of carboxylic acids is 1. The Morgan fingerprint density at radius 2 is 2.04 bits per heavy atom. The number of nitrogens with one attached hydrogen (secondary N) is 2. The minimum atomic E-state index is -0.985. The van der Waals surface area contributed by atoms with Gasteiger partial charge >= 0.3 is 5.97 Å². The van der Waals surface area contributed by atoms with Gasteiger partial charge in [0.2, 0.25) is 11.8 Å². The van der Waals surface area contributed by atoms with Crippen LogP contribution < -0.4 is 10.6 Å². The average molecular weight is 369 g/mol. The van der Waals surface area contributed by atoms with Gasteiger partial charge < -0.3 is 20.3 Å². The van der Waals surface area contributed by atoms with E-state index in [2.05, 4.69) is 15.8 Å². The number of hydrogen-bond donors (Lipinski definition) is 3. The van der Waals surface area contributed by atoms with Crippen LogP contribution in [0.4, 0.5) is 5.82 Å². The molecule has 0 radical (unpaired) electrons. The Labute approximate surface area is 145 Å². The second kappa shape index (κ2) is 8.50. The maximum Gasteiger partial charge on any atom is 0.345 e. The molecule has 0 bridgehead atoms. The summed E-state index contributed by atoms with van der Waals surface area (Å²) in [5.74, 6) is -0.307. The van der Waals surface area contributed by atoms with E-state index in [1.54, 1.807) is 19.1 Å². The maximum atomic E-state index is 11.7. The van der Waals surface area contributed by atoms with Gasteiger partial charge in [0.05, 0.1) is 18.1 Å². The summed E-state index contributed by atoms with van der Waals surface area (Å²) >= 11 is 2.28. The predicted molar refractivity (Wildman–Crippen MR) is 90.3 cm³/mol. The molecule has 2 amide bonds. The van der Waals surface area contributed by atoms with Crippen molar-refractivity contribution in [3.63, 3.8) is 0 Å². The van der Waals surface area contributed by atoms with Gasteiger partial charge in [-0.3, -0.25) is 9.59 Å². The topological polar surface area (TPSA) is 122 Å². The van der Waals surface area contributed by atoms with Crippen LogP contribution in [0.3, 0.4) is 0 Å². The number of carboxylic acid groups (broad SMARTS) is 1. The van der Waals surface area contributed by atoms with Gasteiger partial charge in [-0.2, -0.15) is 0 Å². The summed E-state index contributed by atoms with van der Waals surface area (Å²) in [5.41, 5.74) is 0. The number of aromatic carboxylic acids is 1. The SMILES string of the molecule is Cc1cc(NC(=O)CSCC(=O)NCc2ccc(C(=O)O)s2)no1. The molecular weight excluding hydrogens is 354 g/mol. The van der Waals surface area contributed by atoms with Gasteiger partial charge in [0.25, 0.3) is 0 Å². The number of rotatable bonds is 8. The van der Waals surface area contributed by atoms with Crippen LogP contribution in [-0.4, -0.2) is 39.6 Å². The summed E-state index contributed by atoms with van der Waals surface area (Å²) in [6, 6.07) is 4.76. The lowest BCUT2D eigenvalue weighted by molar-refractivity contribution is -0.118. The van der Waals surface area contributed by atoms with E-state index in [0.717, 1.165) is 16.2 Å². The maximum absolute atomic E-state index is 11.7. The second-order valence-electron chi connectivity index (χ2n) is 4.71. The highest BCUT2D eigenvalue weighted by Gasteiger charge is 2.10. The second-order valence-corrected chi connectivity index (χ2v) is 6.87. The summed E-state index contributed by atoms with van der Waals surface area (Å²) in [5, 5.41) is 17.7. The summed E-state index contributed by atoms with van der Waals surface area (Å²) in [7, 11) is 0. The van der Waals surface area contributed by atoms with Crippen molar-refractivity contribution < 1.29 is 24.0 Å². The number of hydrogen-bond acceptors (Lipinski definition) is 7. The highest BCUT2D eigenvalue weighted by atomic mass is 32.2. The zero-order valence-corrected chi connectivity index (χ0v) is 14.3. The molecule has 0 aliphatic heterocycles. The highest BCUT2D eigenvalue weighted by Crippen LogP contribution is 2.16. The van der Waals surface area contributed by atoms with Crippen LogP contribution in [0, 0.1) is 6.92 Å². The zero-order chi connectivity index (χ0) is 17.5. The lowest BCUT2D eigenvalue weighted by atomic mass is 10.4. The molecule has 0 saturated heterocycles. The zero-order valence-electron chi connectivity index (χ0n) is 12.7. The Morgan fingerprint density at radius 1 is 1.29 bits per heavy atom. The largest absolute Gasteiger partial charge is 0.477 e. The van der Waals surface area contributed by atoms with E-state index in [9.17, 15) is 14.4 Å². The molecule has 0 aliphatic carbocycles. The number of amides is 2. The molecule has 2 aromatic heterocycles. The average Bonchev–Trinajstić information content (AvgIpc) is 3.14. The van der Waals surface area contributed by atoms with Crippen LogP contribution in [0.25, 0.3) is 0 Å². The molecule has 10 heteroatoms. The van der Waals surface area contributed by atoms with Crippen LogP contribution in [0.2, 0.25) is 0 Å². The minimum absolute atomic E-state index is 0.113. The van der Waals surface area contributed by atoms with Crippen LogP contribution in [0.1, 0.15) is 20.3 Å². The van der Waals surface area contributed by atoms with Crippen molar-refractivity contribution >= 4 is 46.7 Å². The van der Waals surface area contributed by atoms with Gasteiger partial charge in [0, 0.05) is 10.9 Å². The normalized spacial score (nSPS) is 10.4. The molecular formula is C14H15N3O5S2. The first kappa shape index (κ1) is 18.0. The molecule has 0 fully saturated rings. The number of aromatic nitrogens is 1. The molecule has 24 heavy (non-hydrogen) atoms. The Morgan fingerprint density at radius 3 is 2.67 bits per heavy atom. The minimum Gasteiger partial charge on any atom is -0.477 e. The number of carbonyl (C=O) groups excluding carboxylic acids is 2. The molecule has 0 aliphatic rings. The van der Waals surface area contributed by atoms with Crippen molar-refractivity contribution in [1.82, 2.24) is 10.5 Å². The first-order valence-electron chi connectivity index (χ1n) is 6.83. The van der Waals surface area contributed by atoms with E-state index in [-0.39, 0.29) is 34.7 Å². The molecule has 0 aromatic carbocycles. The smallest absolute Gasteiger partial charge is 0.345 e. The quantitative estimate of drug-likeness (QED) is 0.648. The Bertz CT molecular complexity index is 740. The van der Waals surface area contributed by atoms with Gasteiger partial charge in [-0.25, -0.2) is 4.79 Å². The third-order valence-electron chi connectivity index (χ3n) is 2.69. The molecule has 2 aromatic rings. The molecule has 128 valence electrons. The van der Waals surface area contributed by atoms with Crippen molar-refractivity contribution in [2.75, 3.05) is 16.8 Å². The number of nitrogens with zero attached hydrogens (tertiary/aromatic N) is 1. The standard InChI is InChI=1S/C14H15N3O5S2/c1-8-4-11(17-22-8)16-13(19)7-23-6-12(18)15-5-9-2-3-10(24-9)14(20)21/h2-4H,5-7H2,1H3,(H,15,18)(H,20,21)(H,16,17,19). The van der Waals surface area contributed by atoms with Gasteiger partial charge in [-0.15, -0.1) is 23.1 Å². The lowest BCUT2D eigenvalue weighted by Gasteiger charge is -2.04. The summed E-state index contributed by atoms with van der Waals surface area (Å²) in [6.45, 7) is 1.98.